The maximum absolute atomic E-state index is 14.3. The Hall–Kier alpha value is -7.90. The lowest BCUT2D eigenvalue weighted by Gasteiger charge is -2.39. The number of carbonyl (C=O) groups is 5. The summed E-state index contributed by atoms with van der Waals surface area (Å²) in [5.74, 6) is -2.29. The Bertz CT molecular complexity index is 3620. The number of pyridine rings is 1. The molecule has 1 aliphatic carbocycles. The van der Waals surface area contributed by atoms with Gasteiger partial charge in [0.1, 0.15) is 33.8 Å². The molecular formula is C62H71ClN11O11S+. The van der Waals surface area contributed by atoms with E-state index in [2.05, 4.69) is 71.3 Å². The Kier molecular flexibility index (Phi) is 17.8. The van der Waals surface area contributed by atoms with E-state index in [4.69, 9.17) is 25.6 Å². The van der Waals surface area contributed by atoms with Crippen molar-refractivity contribution in [1.29, 1.82) is 0 Å². The highest BCUT2D eigenvalue weighted by atomic mass is 35.5. The first-order chi connectivity index (χ1) is 41.4. The number of carbonyl (C=O) groups excluding carboxylic acids is 5. The third-order valence-corrected chi connectivity index (χ3v) is 18.6. The van der Waals surface area contributed by atoms with Gasteiger partial charge < -0.3 is 39.4 Å². The highest BCUT2D eigenvalue weighted by molar-refractivity contribution is 8.23. The SMILES string of the molecule is CC1(C)CCC(CN2CCN(c3ccc(C(=O)NS(O)([OH2+])c4ccc(NCC5CCN(CCOCCNc6cccc7c6C(=O)N(C6CCC(=O)NC6=O)C7=O)CC5)c([N+](=O)[O-])c4)c(Oc4cnc5[nH]ccc5c4)c3)CC2)=C(c2ccc(Cl)cc2)C1. The molecule has 24 heteroatoms. The largest absolute Gasteiger partial charge is 0.455 e. The summed E-state index contributed by atoms with van der Waals surface area (Å²) in [4.78, 5) is 92.4. The monoisotopic (exact) mass is 1210 g/mol. The normalized spacial score (nSPS) is 19.7. The van der Waals surface area contributed by atoms with E-state index in [0.717, 1.165) is 105 Å². The number of fused-ring (bicyclic) bond motifs is 2. The van der Waals surface area contributed by atoms with Gasteiger partial charge in [-0.25, -0.2) is 14.3 Å². The number of allylic oxidation sites excluding steroid dienone is 1. The lowest BCUT2D eigenvalue weighted by atomic mass is 9.72. The van der Waals surface area contributed by atoms with Gasteiger partial charge in [-0.2, -0.15) is 0 Å². The third-order valence-electron chi connectivity index (χ3n) is 17.0. The zero-order chi connectivity index (χ0) is 60.3. The molecule has 3 fully saturated rings. The van der Waals surface area contributed by atoms with Crippen LogP contribution in [0.3, 0.4) is 0 Å². The van der Waals surface area contributed by atoms with Gasteiger partial charge in [-0.3, -0.25) is 49.2 Å². The van der Waals surface area contributed by atoms with Crippen LogP contribution in [-0.4, -0.2) is 153 Å². The van der Waals surface area contributed by atoms with E-state index in [0.29, 0.717) is 49.9 Å². The number of likely N-dealkylation sites (tertiary alicyclic amines) is 1. The Balaban J connectivity index is 0.669. The van der Waals surface area contributed by atoms with Gasteiger partial charge in [0.25, 0.3) is 23.4 Å². The number of nitro benzene ring substituents is 1. The number of piperidine rings is 2. The van der Waals surface area contributed by atoms with Crippen LogP contribution in [0, 0.1) is 21.4 Å². The van der Waals surface area contributed by atoms with Crippen LogP contribution in [0.5, 0.6) is 11.5 Å². The van der Waals surface area contributed by atoms with Crippen LogP contribution in [0.1, 0.15) is 95.4 Å². The number of H-pyrrole nitrogens is 1. The summed E-state index contributed by atoms with van der Waals surface area (Å²) in [6.07, 6.45) is 8.26. The Labute approximate surface area is 504 Å². The maximum Gasteiger partial charge on any atom is 0.294 e. The summed E-state index contributed by atoms with van der Waals surface area (Å²) in [6.45, 7) is 12.5. The second-order valence-corrected chi connectivity index (χ2v) is 25.7. The molecule has 4 aliphatic heterocycles. The van der Waals surface area contributed by atoms with E-state index in [-0.39, 0.29) is 62.9 Å². The van der Waals surface area contributed by atoms with Crippen molar-refractivity contribution in [2.24, 2.45) is 11.3 Å². The summed E-state index contributed by atoms with van der Waals surface area (Å²) in [5, 5.41) is 22.7. The molecule has 11 rings (SSSR count). The van der Waals surface area contributed by atoms with E-state index in [1.54, 1.807) is 48.8 Å². The van der Waals surface area contributed by atoms with Crippen molar-refractivity contribution in [2.45, 2.75) is 69.7 Å². The van der Waals surface area contributed by atoms with Crippen LogP contribution < -0.4 is 30.3 Å². The molecule has 5 aliphatic rings. The number of nitrogens with zero attached hydrogens (tertiary/aromatic N) is 6. The molecule has 8 N–H and O–H groups in total. The van der Waals surface area contributed by atoms with E-state index in [9.17, 15) is 38.6 Å². The molecule has 0 spiro atoms. The number of hydrogen-bond donors (Lipinski definition) is 6. The molecule has 2 unspecified atom stereocenters. The second-order valence-electron chi connectivity index (χ2n) is 23.4. The first-order valence-corrected chi connectivity index (χ1v) is 31.1. The number of aromatic amines is 1. The minimum absolute atomic E-state index is 0.0371. The van der Waals surface area contributed by atoms with Crippen molar-refractivity contribution in [3.05, 3.63) is 146 Å². The standard InChI is InChI=1S/C62H70ClN11O11S/c1-62(2)20-16-42(49(35-62)40-6-8-43(63)9-7-40)38-71-25-27-72(28-26-71)44-10-12-47(54(33-44)85-45-32-41-17-21-65-57(41)67-37-45)58(76)69-86(82,83)46-11-13-50(53(34-46)74(80)81)66-36-39-18-23-70(24-19-39)29-31-84-30-22-64-51-5-3-4-48-56(51)61(79)73(60(48)78)52-14-15-55(75)68-59(52)77/h3-13,17,21,32-34,37,39,52,64,66,82-83H,14-16,18-20,22-31,35-36,38H2,1-2H3,(H,65,67)(H,69,76)(H,68,75,77)/p+1. The van der Waals surface area contributed by atoms with Gasteiger partial charge >= 0.3 is 0 Å². The van der Waals surface area contributed by atoms with Crippen molar-refractivity contribution < 1.29 is 47.5 Å². The van der Waals surface area contributed by atoms with E-state index < -0.39 is 51.3 Å². The summed E-state index contributed by atoms with van der Waals surface area (Å²) < 4.78 is 35.5. The van der Waals surface area contributed by atoms with Crippen LogP contribution in [0.15, 0.2) is 114 Å². The summed E-state index contributed by atoms with van der Waals surface area (Å²) in [6, 6.07) is 24.9. The van der Waals surface area contributed by atoms with E-state index in [1.165, 1.54) is 28.8 Å². The molecular weight excluding hydrogens is 1140 g/mol. The molecule has 6 heterocycles. The molecule has 3 saturated heterocycles. The van der Waals surface area contributed by atoms with Crippen LogP contribution in [0.4, 0.5) is 22.7 Å². The molecule has 0 saturated carbocycles. The van der Waals surface area contributed by atoms with Crippen molar-refractivity contribution in [2.75, 3.05) is 94.2 Å². The van der Waals surface area contributed by atoms with Crippen LogP contribution >= 0.6 is 22.4 Å². The highest BCUT2D eigenvalue weighted by Gasteiger charge is 2.46. The number of ether oxygens (including phenoxy) is 2. The molecule has 0 bridgehead atoms. The van der Waals surface area contributed by atoms with Crippen LogP contribution in [0.25, 0.3) is 16.6 Å². The zero-order valence-corrected chi connectivity index (χ0v) is 49.6. The number of imide groups is 2. The number of halogens is 1. The predicted molar refractivity (Wildman–Crippen MR) is 330 cm³/mol. The lowest BCUT2D eigenvalue weighted by Crippen LogP contribution is -2.54. The highest BCUT2D eigenvalue weighted by Crippen LogP contribution is 2.48. The number of nitrogens with one attached hydrogen (secondary N) is 5. The quantitative estimate of drug-likeness (QED) is 0.0129. The molecule has 2 aromatic heterocycles. The fraction of sp³-hybridized carbons (Fsp3) is 0.387. The maximum atomic E-state index is 14.3. The minimum Gasteiger partial charge on any atom is -0.455 e. The number of benzene rings is 4. The van der Waals surface area contributed by atoms with Crippen LogP contribution in [0.2, 0.25) is 5.02 Å². The van der Waals surface area contributed by atoms with Crippen LogP contribution in [-0.2, 0) is 14.3 Å². The van der Waals surface area contributed by atoms with Crippen molar-refractivity contribution in [1.82, 2.24) is 34.7 Å². The number of anilines is 3. The summed E-state index contributed by atoms with van der Waals surface area (Å²) >= 11 is 6.28. The number of nitro groups is 1. The first kappa shape index (κ1) is 59.8. The zero-order valence-electron chi connectivity index (χ0n) is 48.0. The molecule has 0 radical (unpaired) electrons. The van der Waals surface area contributed by atoms with Crippen molar-refractivity contribution >= 4 is 91.3 Å². The predicted octanol–water partition coefficient (Wildman–Crippen LogP) is 8.98. The van der Waals surface area contributed by atoms with Crippen molar-refractivity contribution in [3.63, 3.8) is 0 Å². The fourth-order valence-electron chi connectivity index (χ4n) is 12.1. The Morgan fingerprint density at radius 2 is 1.69 bits per heavy atom. The van der Waals surface area contributed by atoms with E-state index in [1.807, 2.05) is 24.3 Å². The summed E-state index contributed by atoms with van der Waals surface area (Å²) in [7, 11) is -3.90. The van der Waals surface area contributed by atoms with Gasteiger partial charge in [-0.15, -0.1) is 0 Å². The second kappa shape index (κ2) is 25.6. The lowest BCUT2D eigenvalue weighted by molar-refractivity contribution is -0.384. The van der Waals surface area contributed by atoms with Crippen molar-refractivity contribution in [3.8, 4) is 11.5 Å². The van der Waals surface area contributed by atoms with Gasteiger partial charge in [-0.1, -0.05) is 49.2 Å². The average Bonchev–Trinajstić information content (AvgIpc) is 2.05. The molecule has 86 heavy (non-hydrogen) atoms. The minimum atomic E-state index is -3.90. The topological polar surface area (TPSA) is 280 Å². The van der Waals surface area contributed by atoms with Gasteiger partial charge in [0.2, 0.25) is 11.8 Å². The number of hydrogen-bond acceptors (Lipinski definition) is 16. The first-order valence-electron chi connectivity index (χ1n) is 29.1. The van der Waals surface area contributed by atoms with Gasteiger partial charge in [0, 0.05) is 110 Å². The Morgan fingerprint density at radius 1 is 0.895 bits per heavy atom. The molecule has 6 aromatic rings. The molecule has 4 aromatic carbocycles. The number of aromatic nitrogens is 2. The van der Waals surface area contributed by atoms with Gasteiger partial charge in [0.15, 0.2) is 0 Å². The van der Waals surface area contributed by atoms with Gasteiger partial charge in [0.05, 0.1) is 41.0 Å². The number of piperazine rings is 1. The average molecular weight is 1210 g/mol. The third kappa shape index (κ3) is 13.5. The van der Waals surface area contributed by atoms with Gasteiger partial charge in [-0.05, 0) is 135 Å². The molecule has 2 atom stereocenters. The summed E-state index contributed by atoms with van der Waals surface area (Å²) in [5.41, 5.74) is 6.58. The molecule has 5 amide bonds. The Morgan fingerprint density at radius 3 is 2.45 bits per heavy atom. The molecule has 22 nitrogen and oxygen atoms in total. The fourth-order valence-corrected chi connectivity index (χ4v) is 13.3. The number of amides is 5. The van der Waals surface area contributed by atoms with E-state index >= 15 is 0 Å². The molecule has 452 valence electrons. The number of rotatable bonds is 21. The smallest absolute Gasteiger partial charge is 0.294 e.